The van der Waals surface area contributed by atoms with Gasteiger partial charge in [-0.2, -0.15) is 0 Å². The molecule has 0 spiro atoms. The molecule has 1 heterocycles. The molecule has 1 rings (SSSR count). The van der Waals surface area contributed by atoms with Crippen molar-refractivity contribution in [1.82, 2.24) is 4.90 Å². The minimum atomic E-state index is -2.42. The predicted octanol–water partition coefficient (Wildman–Crippen LogP) is 8.54. The van der Waals surface area contributed by atoms with Crippen LogP contribution >= 0.6 is 0 Å². The Morgan fingerprint density at radius 2 is 1.23 bits per heavy atom. The highest BCUT2D eigenvalue weighted by Crippen LogP contribution is 2.43. The van der Waals surface area contributed by atoms with Gasteiger partial charge in [0.15, 0.2) is 25.0 Å². The van der Waals surface area contributed by atoms with Gasteiger partial charge in [0.05, 0.1) is 18.8 Å². The fourth-order valence-corrected chi connectivity index (χ4v) is 7.05. The van der Waals surface area contributed by atoms with Gasteiger partial charge >= 0.3 is 12.2 Å². The molecule has 0 unspecified atom stereocenters. The summed E-state index contributed by atoms with van der Waals surface area (Å²) in [7, 11) is -6.92. The first kappa shape index (κ1) is 37.3. The molecule has 3 atom stereocenters. The molecule has 0 aromatic rings. The quantitative estimate of drug-likeness (QED) is 0.239. The van der Waals surface area contributed by atoms with Crippen LogP contribution in [0.4, 0.5) is 9.59 Å². The molecule has 1 saturated heterocycles. The van der Waals surface area contributed by atoms with Crippen LogP contribution in [0.1, 0.15) is 83.1 Å². The first-order valence-electron chi connectivity index (χ1n) is 14.6. The maximum absolute atomic E-state index is 13.4. The number of rotatable bonds is 9. The van der Waals surface area contributed by atoms with Crippen molar-refractivity contribution in [3.63, 3.8) is 0 Å². The van der Waals surface area contributed by atoms with E-state index in [4.69, 9.17) is 22.8 Å². The smallest absolute Gasteiger partial charge is 0.420 e. The molecule has 2 amide bonds. The van der Waals surface area contributed by atoms with Gasteiger partial charge in [-0.3, -0.25) is 0 Å². The monoisotopic (exact) mass is 619 g/mol. The Labute approximate surface area is 248 Å². The van der Waals surface area contributed by atoms with Gasteiger partial charge in [-0.15, -0.1) is 0 Å². The summed E-state index contributed by atoms with van der Waals surface area (Å²) in [5, 5.41) is -0.191. The van der Waals surface area contributed by atoms with Crippen molar-refractivity contribution < 1.29 is 32.3 Å². The van der Waals surface area contributed by atoms with Crippen molar-refractivity contribution >= 4 is 37.1 Å². The summed E-state index contributed by atoms with van der Waals surface area (Å²) >= 11 is 0. The third kappa shape index (κ3) is 9.39. The molecule has 0 aliphatic carbocycles. The van der Waals surface area contributed by atoms with Crippen molar-refractivity contribution in [2.75, 3.05) is 13.2 Å². The van der Waals surface area contributed by atoms with Crippen LogP contribution in [0.2, 0.25) is 54.4 Å². The van der Waals surface area contributed by atoms with Crippen LogP contribution in [-0.4, -0.2) is 79.1 Å². The van der Waals surface area contributed by atoms with Crippen LogP contribution in [0.15, 0.2) is 0 Å². The minimum absolute atomic E-state index is 0.000701. The van der Waals surface area contributed by atoms with Crippen LogP contribution in [0.25, 0.3) is 0 Å². The third-order valence-corrected chi connectivity index (χ3v) is 22.6. The Hall–Kier alpha value is -0.729. The van der Waals surface area contributed by atoms with Gasteiger partial charge in [-0.05, 0) is 75.2 Å². The number of amides is 2. The van der Waals surface area contributed by atoms with E-state index in [9.17, 15) is 9.59 Å². The fraction of sp³-hybridized carbons (Fsp3) is 0.931. The van der Waals surface area contributed by atoms with Gasteiger partial charge in [0.25, 0.3) is 0 Å². The zero-order valence-electron chi connectivity index (χ0n) is 29.0. The number of cyclic esters (lactones) is 1. The van der Waals surface area contributed by atoms with Gasteiger partial charge in [0.2, 0.25) is 0 Å². The van der Waals surface area contributed by atoms with Crippen molar-refractivity contribution in [3.8, 4) is 0 Å². The second-order valence-electron chi connectivity index (χ2n) is 16.8. The maximum Gasteiger partial charge on any atom is 0.420 e. The second-order valence-corrected chi connectivity index (χ2v) is 31.1. The third-order valence-electron chi connectivity index (χ3n) is 9.15. The number of ether oxygens (including phenoxy) is 2. The lowest BCUT2D eigenvalue weighted by atomic mass is 10.1. The summed E-state index contributed by atoms with van der Waals surface area (Å²) in [6.45, 7) is 38.6. The van der Waals surface area contributed by atoms with Crippen LogP contribution in [0.3, 0.4) is 0 Å². The lowest BCUT2D eigenvalue weighted by molar-refractivity contribution is -0.0344. The van der Waals surface area contributed by atoms with Crippen molar-refractivity contribution in [1.29, 1.82) is 0 Å². The lowest BCUT2D eigenvalue weighted by Crippen LogP contribution is -2.61. The number of imide groups is 1. The molecule has 40 heavy (non-hydrogen) atoms. The average molecular weight is 620 g/mol. The fourth-order valence-electron chi connectivity index (χ4n) is 3.38. The van der Waals surface area contributed by atoms with Gasteiger partial charge in [-0.1, -0.05) is 62.3 Å². The van der Waals surface area contributed by atoms with Crippen LogP contribution in [0.5, 0.6) is 0 Å². The molecular formula is C29H61NO7Si3. The minimum Gasteiger partial charge on any atom is -0.447 e. The molecule has 1 aliphatic heterocycles. The Balaban J connectivity index is 3.75. The van der Waals surface area contributed by atoms with E-state index < -0.39 is 61.0 Å². The van der Waals surface area contributed by atoms with E-state index in [-0.39, 0.29) is 21.7 Å². The zero-order chi connectivity index (χ0) is 31.9. The second kappa shape index (κ2) is 12.1. The highest BCUT2D eigenvalue weighted by molar-refractivity contribution is 6.75. The normalized spacial score (nSPS) is 19.9. The average Bonchev–Trinajstić information content (AvgIpc) is 3.06. The number of carbonyl (C=O) groups is 2. The SMILES string of the molecule is CC(C)(C)OC(=O)N1C(=O)OC[C@@H]1[C@@H](O[Si](C)(C)C(C)(C)C)[C@H](CO[Si](C)(C)C(C)(C)C)O[Si](C)(C)C(C)(C)C. The van der Waals surface area contributed by atoms with E-state index >= 15 is 0 Å². The summed E-state index contributed by atoms with van der Waals surface area (Å²) in [6.07, 6.45) is -2.63. The number of hydrogen-bond donors (Lipinski definition) is 0. The van der Waals surface area contributed by atoms with Crippen molar-refractivity contribution in [2.24, 2.45) is 0 Å². The zero-order valence-corrected chi connectivity index (χ0v) is 32.0. The van der Waals surface area contributed by atoms with Crippen LogP contribution < -0.4 is 0 Å². The van der Waals surface area contributed by atoms with Crippen molar-refractivity contribution in [2.45, 2.75) is 161 Å². The maximum atomic E-state index is 13.4. The van der Waals surface area contributed by atoms with Gasteiger partial charge in [0.1, 0.15) is 18.2 Å². The number of nitrogens with zero attached hydrogens (tertiary/aromatic N) is 1. The van der Waals surface area contributed by atoms with Gasteiger partial charge < -0.3 is 22.8 Å². The van der Waals surface area contributed by atoms with E-state index in [2.05, 4.69) is 102 Å². The summed E-state index contributed by atoms with van der Waals surface area (Å²) < 4.78 is 32.1. The largest absolute Gasteiger partial charge is 0.447 e. The molecule has 236 valence electrons. The van der Waals surface area contributed by atoms with E-state index in [1.54, 1.807) is 20.8 Å². The highest BCUT2D eigenvalue weighted by atomic mass is 28.4. The summed E-state index contributed by atoms with van der Waals surface area (Å²) in [6, 6.07) is -0.714. The first-order valence-corrected chi connectivity index (χ1v) is 23.3. The topological polar surface area (TPSA) is 83.5 Å². The number of hydrogen-bond acceptors (Lipinski definition) is 7. The Morgan fingerprint density at radius 3 is 1.62 bits per heavy atom. The molecule has 0 aromatic carbocycles. The number of carbonyl (C=O) groups excluding carboxylic acids is 2. The van der Waals surface area contributed by atoms with E-state index in [1.807, 2.05) is 0 Å². The summed E-state index contributed by atoms with van der Waals surface area (Å²) in [5.74, 6) is 0. The molecule has 8 nitrogen and oxygen atoms in total. The Kier molecular flexibility index (Phi) is 11.3. The molecule has 1 fully saturated rings. The standard InChI is InChI=1S/C29H61NO7Si3/c1-26(2,3)35-25(32)30-21(19-33-24(30)31)23(37-40(17,18)29(10,11)12)22(36-39(15,16)28(7,8)9)20-34-38(13,14)27(4,5)6/h21-23H,19-20H2,1-18H3/t21-,22+,23-/m1/s1. The lowest BCUT2D eigenvalue weighted by Gasteiger charge is -2.47. The molecular weight excluding hydrogens is 559 g/mol. The molecule has 0 bridgehead atoms. The Morgan fingerprint density at radius 1 is 0.800 bits per heavy atom. The molecule has 0 N–H and O–H groups in total. The Bertz CT molecular complexity index is 893. The molecule has 1 aliphatic rings. The van der Waals surface area contributed by atoms with E-state index in [1.165, 1.54) is 0 Å². The van der Waals surface area contributed by atoms with Gasteiger partial charge in [0, 0.05) is 0 Å². The molecule has 0 aromatic heterocycles. The summed E-state index contributed by atoms with van der Waals surface area (Å²) in [4.78, 5) is 27.5. The molecule has 0 radical (unpaired) electrons. The molecule has 11 heteroatoms. The summed E-state index contributed by atoms with van der Waals surface area (Å²) in [5.41, 5.74) is -0.775. The molecule has 0 saturated carbocycles. The highest BCUT2D eigenvalue weighted by Gasteiger charge is 2.53. The van der Waals surface area contributed by atoms with Crippen LogP contribution in [0, 0.1) is 0 Å². The van der Waals surface area contributed by atoms with E-state index in [0.29, 0.717) is 6.61 Å². The van der Waals surface area contributed by atoms with Crippen LogP contribution in [-0.2, 0) is 22.8 Å². The van der Waals surface area contributed by atoms with Gasteiger partial charge in [-0.25, -0.2) is 14.5 Å². The predicted molar refractivity (Wildman–Crippen MR) is 170 cm³/mol. The first-order chi connectivity index (χ1) is 17.4. The van der Waals surface area contributed by atoms with E-state index in [0.717, 1.165) is 4.90 Å². The van der Waals surface area contributed by atoms with Crippen molar-refractivity contribution in [3.05, 3.63) is 0 Å².